The van der Waals surface area contributed by atoms with E-state index in [9.17, 15) is 5.11 Å². The molecule has 0 amide bonds. The van der Waals surface area contributed by atoms with Gasteiger partial charge in [-0.3, -0.25) is 0 Å². The van der Waals surface area contributed by atoms with Crippen LogP contribution in [0.2, 0.25) is 0 Å². The topological polar surface area (TPSA) is 55.5 Å². The quantitative estimate of drug-likeness (QED) is 0.792. The number of ether oxygens (including phenoxy) is 1. The molecule has 0 spiro atoms. The van der Waals surface area contributed by atoms with Gasteiger partial charge < -0.3 is 15.6 Å². The van der Waals surface area contributed by atoms with Crippen molar-refractivity contribution in [2.75, 3.05) is 12.3 Å². The minimum absolute atomic E-state index is 0.196. The number of aliphatic hydroxyl groups is 1. The predicted molar refractivity (Wildman–Crippen MR) is 86.5 cm³/mol. The first-order valence-electron chi connectivity index (χ1n) is 7.37. The zero-order valence-corrected chi connectivity index (χ0v) is 12.6. The lowest BCUT2D eigenvalue weighted by Crippen LogP contribution is -2.12. The molecule has 21 heavy (non-hydrogen) atoms. The van der Waals surface area contributed by atoms with Crippen LogP contribution in [0.3, 0.4) is 0 Å². The van der Waals surface area contributed by atoms with Crippen LogP contribution < -0.4 is 10.5 Å². The van der Waals surface area contributed by atoms with Gasteiger partial charge in [0.25, 0.3) is 0 Å². The second-order valence-electron chi connectivity index (χ2n) is 5.30. The van der Waals surface area contributed by atoms with E-state index in [4.69, 9.17) is 10.5 Å². The highest BCUT2D eigenvalue weighted by atomic mass is 16.5. The third kappa shape index (κ3) is 3.76. The molecule has 2 aromatic rings. The average molecular weight is 285 g/mol. The summed E-state index contributed by atoms with van der Waals surface area (Å²) in [4.78, 5) is 0. The molecule has 3 nitrogen and oxygen atoms in total. The number of anilines is 1. The molecule has 0 aliphatic carbocycles. The van der Waals surface area contributed by atoms with Gasteiger partial charge in [0.05, 0.1) is 0 Å². The molecule has 0 bridgehead atoms. The summed E-state index contributed by atoms with van der Waals surface area (Å²) in [6.07, 6.45) is 0.324. The van der Waals surface area contributed by atoms with E-state index >= 15 is 0 Å². The highest BCUT2D eigenvalue weighted by molar-refractivity contribution is 5.47. The Kier molecular flexibility index (Phi) is 5.23. The molecule has 2 rings (SSSR count). The van der Waals surface area contributed by atoms with Crippen LogP contribution in [0.5, 0.6) is 5.75 Å². The van der Waals surface area contributed by atoms with Gasteiger partial charge in [0.2, 0.25) is 0 Å². The van der Waals surface area contributed by atoms with E-state index in [0.29, 0.717) is 17.2 Å². The van der Waals surface area contributed by atoms with Crippen LogP contribution in [-0.2, 0) is 0 Å². The van der Waals surface area contributed by atoms with Crippen LogP contribution in [0, 0.1) is 0 Å². The minimum Gasteiger partial charge on any atom is -0.490 e. The maximum atomic E-state index is 10.2. The number of nitrogens with two attached hydrogens (primary N) is 1. The zero-order chi connectivity index (χ0) is 15.2. The smallest absolute Gasteiger partial charge is 0.122 e. The molecule has 2 aromatic carbocycles. The molecule has 0 saturated heterocycles. The molecule has 0 aliphatic heterocycles. The number of aliphatic hydroxyl groups excluding tert-OH is 1. The number of rotatable bonds is 6. The Morgan fingerprint density at radius 1 is 1.05 bits per heavy atom. The van der Waals surface area contributed by atoms with Gasteiger partial charge in [0.1, 0.15) is 18.5 Å². The summed E-state index contributed by atoms with van der Waals surface area (Å²) in [5, 5.41) is 10.2. The van der Waals surface area contributed by atoms with E-state index in [0.717, 1.165) is 12.2 Å². The number of nitrogen functional groups attached to an aromatic ring is 1. The van der Waals surface area contributed by atoms with Gasteiger partial charge in [-0.25, -0.2) is 0 Å². The van der Waals surface area contributed by atoms with Crippen LogP contribution in [0.4, 0.5) is 5.69 Å². The van der Waals surface area contributed by atoms with Crippen LogP contribution in [0.1, 0.15) is 43.4 Å². The summed E-state index contributed by atoms with van der Waals surface area (Å²) in [5.74, 6) is 1.26. The highest BCUT2D eigenvalue weighted by Crippen LogP contribution is 2.29. The van der Waals surface area contributed by atoms with Gasteiger partial charge in [0, 0.05) is 11.3 Å². The molecule has 0 fully saturated rings. The minimum atomic E-state index is -0.726. The number of para-hydroxylation sites is 2. The van der Waals surface area contributed by atoms with Crippen LogP contribution in [0.25, 0.3) is 0 Å². The fourth-order valence-electron chi connectivity index (χ4n) is 2.31. The van der Waals surface area contributed by atoms with E-state index in [1.54, 1.807) is 6.07 Å². The van der Waals surface area contributed by atoms with Gasteiger partial charge in [-0.15, -0.1) is 0 Å². The third-order valence-corrected chi connectivity index (χ3v) is 3.81. The molecule has 112 valence electrons. The molecule has 0 aromatic heterocycles. The number of benzene rings is 2. The van der Waals surface area contributed by atoms with Gasteiger partial charge in [0.15, 0.2) is 0 Å². The summed E-state index contributed by atoms with van der Waals surface area (Å²) in [7, 11) is 0. The van der Waals surface area contributed by atoms with E-state index in [1.807, 2.05) is 36.4 Å². The van der Waals surface area contributed by atoms with Crippen LogP contribution in [-0.4, -0.2) is 11.7 Å². The SMILES string of the molecule is CCC(C)c1ccccc1OCC(O)c1ccccc1N. The average Bonchev–Trinajstić information content (AvgIpc) is 2.52. The van der Waals surface area contributed by atoms with Crippen molar-refractivity contribution in [1.29, 1.82) is 0 Å². The van der Waals surface area contributed by atoms with Gasteiger partial charge in [-0.1, -0.05) is 50.2 Å². The van der Waals surface area contributed by atoms with Gasteiger partial charge in [-0.05, 0) is 30.0 Å². The second kappa shape index (κ2) is 7.14. The highest BCUT2D eigenvalue weighted by Gasteiger charge is 2.14. The van der Waals surface area contributed by atoms with Crippen molar-refractivity contribution in [3.05, 3.63) is 59.7 Å². The van der Waals surface area contributed by atoms with Crippen molar-refractivity contribution in [2.45, 2.75) is 32.3 Å². The molecule has 0 radical (unpaired) electrons. The number of hydrogen-bond donors (Lipinski definition) is 2. The molecule has 3 N–H and O–H groups in total. The first-order valence-corrected chi connectivity index (χ1v) is 7.37. The standard InChI is InChI=1S/C18H23NO2/c1-3-13(2)14-8-5-7-11-18(14)21-12-17(20)15-9-4-6-10-16(15)19/h4-11,13,17,20H,3,12,19H2,1-2H3. The summed E-state index contributed by atoms with van der Waals surface area (Å²) in [6.45, 7) is 4.52. The van der Waals surface area contributed by atoms with Crippen molar-refractivity contribution >= 4 is 5.69 Å². The summed E-state index contributed by atoms with van der Waals surface area (Å²) in [5.41, 5.74) is 8.34. The summed E-state index contributed by atoms with van der Waals surface area (Å²) >= 11 is 0. The third-order valence-electron chi connectivity index (χ3n) is 3.81. The fourth-order valence-corrected chi connectivity index (χ4v) is 2.31. The molecule has 0 saturated carbocycles. The lowest BCUT2D eigenvalue weighted by Gasteiger charge is -2.18. The molecular weight excluding hydrogens is 262 g/mol. The predicted octanol–water partition coefficient (Wildman–Crippen LogP) is 3.89. The van der Waals surface area contributed by atoms with Crippen molar-refractivity contribution in [1.82, 2.24) is 0 Å². The van der Waals surface area contributed by atoms with E-state index in [1.165, 1.54) is 5.56 Å². The molecular formula is C18H23NO2. The first kappa shape index (κ1) is 15.4. The summed E-state index contributed by atoms with van der Waals surface area (Å²) < 4.78 is 5.83. The Labute approximate surface area is 126 Å². The van der Waals surface area contributed by atoms with Crippen LogP contribution in [0.15, 0.2) is 48.5 Å². The Morgan fingerprint density at radius 2 is 1.67 bits per heavy atom. The Balaban J connectivity index is 2.08. The number of hydrogen-bond acceptors (Lipinski definition) is 3. The van der Waals surface area contributed by atoms with E-state index in [-0.39, 0.29) is 6.61 Å². The van der Waals surface area contributed by atoms with Gasteiger partial charge >= 0.3 is 0 Å². The van der Waals surface area contributed by atoms with Crippen molar-refractivity contribution < 1.29 is 9.84 Å². The van der Waals surface area contributed by atoms with Crippen molar-refractivity contribution in [2.24, 2.45) is 0 Å². The maximum Gasteiger partial charge on any atom is 0.122 e. The molecule has 0 aliphatic rings. The zero-order valence-electron chi connectivity index (χ0n) is 12.6. The Morgan fingerprint density at radius 3 is 2.33 bits per heavy atom. The summed E-state index contributed by atoms with van der Waals surface area (Å²) in [6, 6.07) is 15.3. The van der Waals surface area contributed by atoms with E-state index in [2.05, 4.69) is 19.9 Å². The monoisotopic (exact) mass is 285 g/mol. The lowest BCUT2D eigenvalue weighted by molar-refractivity contribution is 0.108. The maximum absolute atomic E-state index is 10.2. The Bertz CT molecular complexity index is 583. The lowest BCUT2D eigenvalue weighted by atomic mass is 9.98. The van der Waals surface area contributed by atoms with E-state index < -0.39 is 6.10 Å². The van der Waals surface area contributed by atoms with Crippen molar-refractivity contribution in [3.8, 4) is 5.75 Å². The molecule has 3 heteroatoms. The van der Waals surface area contributed by atoms with Crippen LogP contribution >= 0.6 is 0 Å². The fraction of sp³-hybridized carbons (Fsp3) is 0.333. The molecule has 2 unspecified atom stereocenters. The first-order chi connectivity index (χ1) is 10.1. The Hall–Kier alpha value is -2.00. The van der Waals surface area contributed by atoms with Crippen molar-refractivity contribution in [3.63, 3.8) is 0 Å². The molecule has 2 atom stereocenters. The second-order valence-corrected chi connectivity index (χ2v) is 5.30. The van der Waals surface area contributed by atoms with Gasteiger partial charge in [-0.2, -0.15) is 0 Å². The molecule has 0 heterocycles. The normalized spacial score (nSPS) is 13.7. The largest absolute Gasteiger partial charge is 0.490 e.